The van der Waals surface area contributed by atoms with Gasteiger partial charge in [-0.1, -0.05) is 36.4 Å². The van der Waals surface area contributed by atoms with Crippen molar-refractivity contribution >= 4 is 29.3 Å². The number of thioether (sulfide) groups is 1. The summed E-state index contributed by atoms with van der Waals surface area (Å²) in [5, 5.41) is 2.60. The molecule has 0 radical (unpaired) electrons. The number of nitrogens with one attached hydrogen (secondary N) is 1. The first-order chi connectivity index (χ1) is 15.3. The second-order valence-corrected chi connectivity index (χ2v) is 9.18. The van der Waals surface area contributed by atoms with Crippen molar-refractivity contribution in [3.8, 4) is 0 Å². The highest BCUT2D eigenvalue weighted by molar-refractivity contribution is 7.99. The average Bonchev–Trinajstić information content (AvgIpc) is 3.22. The zero-order chi connectivity index (χ0) is 22.8. The number of amides is 2. The normalized spacial score (nSPS) is 17.9. The van der Waals surface area contributed by atoms with Crippen LogP contribution in [0, 0.1) is 26.6 Å². The van der Waals surface area contributed by atoms with E-state index in [1.807, 2.05) is 57.2 Å². The molecular weight excluding hydrogens is 423 g/mol. The van der Waals surface area contributed by atoms with Crippen molar-refractivity contribution in [2.45, 2.75) is 32.2 Å². The van der Waals surface area contributed by atoms with E-state index in [1.54, 1.807) is 23.1 Å². The predicted octanol–water partition coefficient (Wildman–Crippen LogP) is 5.65. The Kier molecular flexibility index (Phi) is 6.33. The fourth-order valence-electron chi connectivity index (χ4n) is 3.84. The molecule has 2 unspecified atom stereocenters. The fourth-order valence-corrected chi connectivity index (χ4v) is 5.27. The third kappa shape index (κ3) is 4.41. The molecule has 0 saturated carbocycles. The summed E-state index contributed by atoms with van der Waals surface area (Å²) in [7, 11) is 0. The first-order valence-corrected chi connectivity index (χ1v) is 11.5. The summed E-state index contributed by atoms with van der Waals surface area (Å²) in [5.41, 5.74) is 5.14. The zero-order valence-electron chi connectivity index (χ0n) is 18.3. The van der Waals surface area contributed by atoms with Crippen molar-refractivity contribution in [2.24, 2.45) is 0 Å². The molecule has 164 valence electrons. The molecule has 1 aliphatic heterocycles. The summed E-state index contributed by atoms with van der Waals surface area (Å²) < 4.78 is 13.5. The molecule has 32 heavy (non-hydrogen) atoms. The maximum absolute atomic E-state index is 13.6. The van der Waals surface area contributed by atoms with Crippen molar-refractivity contribution in [1.82, 2.24) is 4.90 Å². The van der Waals surface area contributed by atoms with Gasteiger partial charge in [-0.05, 0) is 73.4 Å². The number of hydrogen-bond acceptors (Lipinski definition) is 3. The Morgan fingerprint density at radius 2 is 1.66 bits per heavy atom. The molecule has 1 aliphatic rings. The van der Waals surface area contributed by atoms with Gasteiger partial charge in [-0.25, -0.2) is 4.39 Å². The van der Waals surface area contributed by atoms with Gasteiger partial charge in [0.25, 0.3) is 5.91 Å². The van der Waals surface area contributed by atoms with Gasteiger partial charge in [0.1, 0.15) is 17.2 Å². The molecule has 0 bridgehead atoms. The monoisotopic (exact) mass is 448 g/mol. The van der Waals surface area contributed by atoms with Crippen LogP contribution in [0.1, 0.15) is 38.0 Å². The molecule has 4 nitrogen and oxygen atoms in total. The third-order valence-electron chi connectivity index (χ3n) is 5.84. The van der Waals surface area contributed by atoms with Gasteiger partial charge < -0.3 is 10.2 Å². The molecule has 3 aromatic rings. The lowest BCUT2D eigenvalue weighted by Gasteiger charge is -2.29. The SMILES string of the molecule is Cc1ccc(NC(=O)C2CSC(c3ccc(F)cc3)N2C(=O)c2ccccc2C)cc1C. The van der Waals surface area contributed by atoms with E-state index in [0.717, 1.165) is 22.3 Å². The van der Waals surface area contributed by atoms with Crippen LogP contribution in [0.4, 0.5) is 10.1 Å². The molecule has 0 aliphatic carbocycles. The molecule has 2 atom stereocenters. The highest BCUT2D eigenvalue weighted by atomic mass is 32.2. The maximum atomic E-state index is 13.6. The van der Waals surface area contributed by atoms with Gasteiger partial charge in [0.05, 0.1) is 0 Å². The summed E-state index contributed by atoms with van der Waals surface area (Å²) in [4.78, 5) is 28.6. The topological polar surface area (TPSA) is 49.4 Å². The summed E-state index contributed by atoms with van der Waals surface area (Å²) >= 11 is 1.51. The van der Waals surface area contributed by atoms with Gasteiger partial charge in [0, 0.05) is 17.0 Å². The lowest BCUT2D eigenvalue weighted by molar-refractivity contribution is -0.119. The van der Waals surface area contributed by atoms with E-state index < -0.39 is 6.04 Å². The van der Waals surface area contributed by atoms with Gasteiger partial charge >= 0.3 is 0 Å². The Labute approximate surface area is 191 Å². The standard InChI is InChI=1S/C26H25FN2O2S/c1-16-8-13-21(14-18(16)3)28-24(30)23-15-32-26(19-9-11-20(27)12-10-19)29(23)25(31)22-7-5-4-6-17(22)2/h4-14,23,26H,15H2,1-3H3,(H,28,30). The summed E-state index contributed by atoms with van der Waals surface area (Å²) in [6.45, 7) is 5.90. The number of aryl methyl sites for hydroxylation is 3. The summed E-state index contributed by atoms with van der Waals surface area (Å²) in [6.07, 6.45) is 0. The van der Waals surface area contributed by atoms with Crippen molar-refractivity contribution in [1.29, 1.82) is 0 Å². The smallest absolute Gasteiger partial charge is 0.256 e. The Bertz CT molecular complexity index is 1160. The Balaban J connectivity index is 1.67. The Morgan fingerprint density at radius 3 is 2.34 bits per heavy atom. The Morgan fingerprint density at radius 1 is 0.938 bits per heavy atom. The van der Waals surface area contributed by atoms with E-state index in [0.29, 0.717) is 17.0 Å². The van der Waals surface area contributed by atoms with Crippen LogP contribution < -0.4 is 5.32 Å². The second kappa shape index (κ2) is 9.17. The summed E-state index contributed by atoms with van der Waals surface area (Å²) in [5.74, 6) is -0.316. The van der Waals surface area contributed by atoms with Crippen LogP contribution >= 0.6 is 11.8 Å². The van der Waals surface area contributed by atoms with Gasteiger partial charge in [-0.3, -0.25) is 9.59 Å². The lowest BCUT2D eigenvalue weighted by atomic mass is 10.1. The molecular formula is C26H25FN2O2S. The molecule has 1 heterocycles. The second-order valence-electron chi connectivity index (χ2n) is 8.07. The largest absolute Gasteiger partial charge is 0.324 e. The molecule has 3 aromatic carbocycles. The van der Waals surface area contributed by atoms with E-state index in [2.05, 4.69) is 5.32 Å². The van der Waals surface area contributed by atoms with E-state index in [1.165, 1.54) is 23.9 Å². The van der Waals surface area contributed by atoms with Crippen LogP contribution in [0.3, 0.4) is 0 Å². The minimum Gasteiger partial charge on any atom is -0.324 e. The molecule has 1 saturated heterocycles. The van der Waals surface area contributed by atoms with E-state index >= 15 is 0 Å². The Hall–Kier alpha value is -3.12. The van der Waals surface area contributed by atoms with Crippen molar-refractivity contribution in [3.63, 3.8) is 0 Å². The van der Waals surface area contributed by atoms with Gasteiger partial charge in [-0.2, -0.15) is 0 Å². The van der Waals surface area contributed by atoms with Crippen LogP contribution in [0.5, 0.6) is 0 Å². The van der Waals surface area contributed by atoms with Crippen LogP contribution in [0.15, 0.2) is 66.7 Å². The highest BCUT2D eigenvalue weighted by Gasteiger charge is 2.43. The van der Waals surface area contributed by atoms with Crippen molar-refractivity contribution in [2.75, 3.05) is 11.1 Å². The zero-order valence-corrected chi connectivity index (χ0v) is 19.1. The molecule has 0 aromatic heterocycles. The van der Waals surface area contributed by atoms with Crippen LogP contribution in [0.25, 0.3) is 0 Å². The number of halogens is 1. The minimum absolute atomic E-state index is 0.206. The number of carbonyl (C=O) groups is 2. The van der Waals surface area contributed by atoms with Gasteiger partial charge in [0.2, 0.25) is 5.91 Å². The van der Waals surface area contributed by atoms with Crippen LogP contribution in [-0.2, 0) is 4.79 Å². The van der Waals surface area contributed by atoms with Crippen molar-refractivity contribution < 1.29 is 14.0 Å². The maximum Gasteiger partial charge on any atom is 0.256 e. The number of anilines is 1. The van der Waals surface area contributed by atoms with E-state index in [-0.39, 0.29) is 23.0 Å². The van der Waals surface area contributed by atoms with Crippen LogP contribution in [-0.4, -0.2) is 28.5 Å². The molecule has 6 heteroatoms. The summed E-state index contributed by atoms with van der Waals surface area (Å²) in [6, 6.07) is 18.6. The van der Waals surface area contributed by atoms with Gasteiger partial charge in [0.15, 0.2) is 0 Å². The van der Waals surface area contributed by atoms with Gasteiger partial charge in [-0.15, -0.1) is 11.8 Å². The molecule has 0 spiro atoms. The van der Waals surface area contributed by atoms with E-state index in [4.69, 9.17) is 0 Å². The number of nitrogens with zero attached hydrogens (tertiary/aromatic N) is 1. The highest BCUT2D eigenvalue weighted by Crippen LogP contribution is 2.42. The first-order valence-electron chi connectivity index (χ1n) is 10.5. The van der Waals surface area contributed by atoms with Crippen molar-refractivity contribution in [3.05, 3.63) is 100 Å². The lowest BCUT2D eigenvalue weighted by Crippen LogP contribution is -2.45. The number of hydrogen-bond donors (Lipinski definition) is 1. The van der Waals surface area contributed by atoms with E-state index in [9.17, 15) is 14.0 Å². The molecule has 4 rings (SSSR count). The fraction of sp³-hybridized carbons (Fsp3) is 0.231. The molecule has 1 N–H and O–H groups in total. The first kappa shape index (κ1) is 22.1. The minimum atomic E-state index is -0.649. The molecule has 2 amide bonds. The number of carbonyl (C=O) groups excluding carboxylic acids is 2. The third-order valence-corrected chi connectivity index (χ3v) is 7.17. The van der Waals surface area contributed by atoms with Crippen LogP contribution in [0.2, 0.25) is 0 Å². The predicted molar refractivity (Wildman–Crippen MR) is 127 cm³/mol. The quantitative estimate of drug-likeness (QED) is 0.561. The molecule has 1 fully saturated rings. The number of rotatable bonds is 4. The number of benzene rings is 3. The average molecular weight is 449 g/mol.